The van der Waals surface area contributed by atoms with Crippen molar-refractivity contribution in [1.29, 1.82) is 0 Å². The largest absolute Gasteiger partial charge is 0.264 e. The normalized spacial score (nSPS) is 11.8. The van der Waals surface area contributed by atoms with Crippen molar-refractivity contribution in [3.63, 3.8) is 0 Å². The van der Waals surface area contributed by atoms with E-state index in [1.54, 1.807) is 13.8 Å². The summed E-state index contributed by atoms with van der Waals surface area (Å²) >= 11 is 0. The third-order valence-corrected chi connectivity index (χ3v) is 4.17. The van der Waals surface area contributed by atoms with E-state index in [0.29, 0.717) is 17.3 Å². The Hall–Kier alpha value is -1.47. The predicted molar refractivity (Wildman–Crippen MR) is 71.1 cm³/mol. The molecule has 0 fully saturated rings. The summed E-state index contributed by atoms with van der Waals surface area (Å²) in [6.07, 6.45) is 0. The fraction of sp³-hybridized carbons (Fsp3) is 0.364. The van der Waals surface area contributed by atoms with Crippen molar-refractivity contribution < 1.29 is 8.42 Å². The molecular weight excluding hydrogens is 288 g/mol. The molecule has 2 aromatic heterocycles. The molecule has 0 aliphatic heterocycles. The number of aryl methyl sites for hydroxylation is 3. The lowest BCUT2D eigenvalue weighted by atomic mass is 10.3. The fourth-order valence-corrected chi connectivity index (χ4v) is 3.48. The maximum absolute atomic E-state index is 11.5. The number of nitrogens with zero attached hydrogens (tertiary/aromatic N) is 4. The fourth-order valence-electron chi connectivity index (χ4n) is 1.98. The van der Waals surface area contributed by atoms with Gasteiger partial charge in [0.25, 0.3) is 15.0 Å². The molecule has 0 N–H and O–H groups in total. The smallest absolute Gasteiger partial charge is 0.216 e. The zero-order chi connectivity index (χ0) is 14.4. The van der Waals surface area contributed by atoms with Gasteiger partial charge in [-0.3, -0.25) is 0 Å². The average Bonchev–Trinajstić information content (AvgIpc) is 2.51. The van der Waals surface area contributed by atoms with Crippen LogP contribution in [0.2, 0.25) is 0 Å². The number of aromatic nitrogens is 4. The summed E-state index contributed by atoms with van der Waals surface area (Å²) < 4.78 is 24.4. The van der Waals surface area contributed by atoms with Crippen LogP contribution in [-0.4, -0.2) is 28.2 Å². The lowest BCUT2D eigenvalue weighted by Gasteiger charge is -2.04. The summed E-state index contributed by atoms with van der Waals surface area (Å²) in [7, 11) is 1.57. The van der Waals surface area contributed by atoms with E-state index < -0.39 is 9.05 Å². The molecule has 19 heavy (non-hydrogen) atoms. The molecule has 2 rings (SSSR count). The topological polar surface area (TPSA) is 77.7 Å². The maximum atomic E-state index is 11.5. The van der Waals surface area contributed by atoms with E-state index in [-0.39, 0.29) is 4.90 Å². The van der Waals surface area contributed by atoms with Crippen LogP contribution in [0.3, 0.4) is 0 Å². The minimum absolute atomic E-state index is 0.0110. The van der Waals surface area contributed by atoms with E-state index in [2.05, 4.69) is 15.1 Å². The highest BCUT2D eigenvalue weighted by molar-refractivity contribution is 8.13. The summed E-state index contributed by atoms with van der Waals surface area (Å²) in [5.41, 5.74) is 2.29. The van der Waals surface area contributed by atoms with Crippen molar-refractivity contribution in [3.8, 4) is 5.95 Å². The van der Waals surface area contributed by atoms with E-state index in [4.69, 9.17) is 10.7 Å². The van der Waals surface area contributed by atoms with Crippen LogP contribution in [0.1, 0.15) is 22.8 Å². The Labute approximate surface area is 115 Å². The molecule has 102 valence electrons. The van der Waals surface area contributed by atoms with E-state index in [9.17, 15) is 8.42 Å². The Morgan fingerprint density at radius 3 is 2.05 bits per heavy atom. The van der Waals surface area contributed by atoms with Gasteiger partial charge in [-0.2, -0.15) is 5.10 Å². The molecular formula is C11H13ClN4O2S. The molecule has 0 saturated heterocycles. The van der Waals surface area contributed by atoms with E-state index >= 15 is 0 Å². The summed E-state index contributed by atoms with van der Waals surface area (Å²) in [6.45, 7) is 6.88. The molecule has 0 atom stereocenters. The molecule has 0 aliphatic carbocycles. The quantitative estimate of drug-likeness (QED) is 0.791. The zero-order valence-electron chi connectivity index (χ0n) is 11.0. The van der Waals surface area contributed by atoms with Crippen LogP contribution in [0, 0.1) is 27.7 Å². The van der Waals surface area contributed by atoms with Gasteiger partial charge < -0.3 is 0 Å². The van der Waals surface area contributed by atoms with Crippen molar-refractivity contribution in [2.45, 2.75) is 32.6 Å². The molecule has 0 saturated carbocycles. The van der Waals surface area contributed by atoms with E-state index in [1.165, 1.54) is 4.68 Å². The van der Waals surface area contributed by atoms with Crippen molar-refractivity contribution in [2.24, 2.45) is 0 Å². The second-order valence-electron chi connectivity index (χ2n) is 4.30. The van der Waals surface area contributed by atoms with Gasteiger partial charge in [0, 0.05) is 22.1 Å². The molecule has 0 amide bonds. The first kappa shape index (κ1) is 14.0. The molecule has 2 aromatic rings. The van der Waals surface area contributed by atoms with E-state index in [1.807, 2.05) is 19.9 Å². The molecule has 2 heterocycles. The van der Waals surface area contributed by atoms with Crippen LogP contribution in [0.5, 0.6) is 0 Å². The first-order valence-electron chi connectivity index (χ1n) is 5.53. The summed E-state index contributed by atoms with van der Waals surface area (Å²) in [6, 6.07) is 1.83. The van der Waals surface area contributed by atoms with Gasteiger partial charge in [-0.25, -0.2) is 23.1 Å². The molecule has 6 nitrogen and oxygen atoms in total. The maximum Gasteiger partial charge on any atom is 0.264 e. The van der Waals surface area contributed by atoms with Gasteiger partial charge >= 0.3 is 0 Å². The minimum Gasteiger partial charge on any atom is -0.216 e. The highest BCUT2D eigenvalue weighted by Gasteiger charge is 2.24. The van der Waals surface area contributed by atoms with Gasteiger partial charge in [-0.15, -0.1) is 0 Å². The SMILES string of the molecule is Cc1cc(C)nc(-n2nc(C)c(S(=O)(=O)Cl)c2C)n1. The third-order valence-electron chi connectivity index (χ3n) is 2.63. The van der Waals surface area contributed by atoms with E-state index in [0.717, 1.165) is 11.4 Å². The summed E-state index contributed by atoms with van der Waals surface area (Å²) in [4.78, 5) is 8.52. The first-order valence-corrected chi connectivity index (χ1v) is 7.84. The first-order chi connectivity index (χ1) is 8.70. The van der Waals surface area contributed by atoms with Crippen molar-refractivity contribution in [2.75, 3.05) is 0 Å². The van der Waals surface area contributed by atoms with Crippen LogP contribution in [0.15, 0.2) is 11.0 Å². The van der Waals surface area contributed by atoms with Crippen molar-refractivity contribution in [3.05, 3.63) is 28.8 Å². The Bertz CT molecular complexity index is 732. The Balaban J connectivity index is 2.72. The number of rotatable bonds is 2. The molecule has 0 bridgehead atoms. The molecule has 8 heteroatoms. The molecule has 0 aromatic carbocycles. The van der Waals surface area contributed by atoms with Crippen molar-refractivity contribution >= 4 is 19.7 Å². The van der Waals surface area contributed by atoms with Crippen LogP contribution < -0.4 is 0 Å². The monoisotopic (exact) mass is 300 g/mol. The van der Waals surface area contributed by atoms with Gasteiger partial charge in [-0.05, 0) is 33.8 Å². The van der Waals surface area contributed by atoms with Crippen molar-refractivity contribution in [1.82, 2.24) is 19.7 Å². The molecule has 0 spiro atoms. The Kier molecular flexibility index (Phi) is 3.36. The second kappa shape index (κ2) is 4.57. The van der Waals surface area contributed by atoms with Gasteiger partial charge in [0.15, 0.2) is 0 Å². The van der Waals surface area contributed by atoms with Gasteiger partial charge in [0.05, 0.1) is 11.4 Å². The van der Waals surface area contributed by atoms with Gasteiger partial charge in [0.2, 0.25) is 0 Å². The number of halogens is 1. The third kappa shape index (κ3) is 2.62. The molecule has 0 aliphatic rings. The highest BCUT2D eigenvalue weighted by atomic mass is 35.7. The van der Waals surface area contributed by atoms with Gasteiger partial charge in [0.1, 0.15) is 4.90 Å². The zero-order valence-corrected chi connectivity index (χ0v) is 12.5. The summed E-state index contributed by atoms with van der Waals surface area (Å²) in [5, 5.41) is 4.16. The van der Waals surface area contributed by atoms with Crippen LogP contribution in [0.25, 0.3) is 5.95 Å². The summed E-state index contributed by atoms with van der Waals surface area (Å²) in [5.74, 6) is 0.338. The highest BCUT2D eigenvalue weighted by Crippen LogP contribution is 2.24. The predicted octanol–water partition coefficient (Wildman–Crippen LogP) is 1.82. The van der Waals surface area contributed by atoms with Crippen LogP contribution in [-0.2, 0) is 9.05 Å². The minimum atomic E-state index is -3.84. The molecule has 0 radical (unpaired) electrons. The Morgan fingerprint density at radius 1 is 1.11 bits per heavy atom. The van der Waals surface area contributed by atoms with Crippen LogP contribution in [0.4, 0.5) is 0 Å². The number of hydrogen-bond donors (Lipinski definition) is 0. The molecule has 0 unspecified atom stereocenters. The number of hydrogen-bond acceptors (Lipinski definition) is 5. The van der Waals surface area contributed by atoms with Gasteiger partial charge in [-0.1, -0.05) is 0 Å². The lowest BCUT2D eigenvalue weighted by molar-refractivity contribution is 0.608. The Morgan fingerprint density at radius 2 is 1.63 bits per heavy atom. The standard InChI is InChI=1S/C11H13ClN4O2S/c1-6-5-7(2)14-11(13-6)16-9(4)10(8(3)15-16)19(12,17)18/h5H,1-4H3. The average molecular weight is 301 g/mol. The lowest BCUT2D eigenvalue weighted by Crippen LogP contribution is -2.07. The van der Waals surface area contributed by atoms with Crippen LogP contribution >= 0.6 is 10.7 Å². The second-order valence-corrected chi connectivity index (χ2v) is 6.80.